The van der Waals surface area contributed by atoms with Crippen molar-refractivity contribution in [1.82, 2.24) is 0 Å². The molecule has 1 fully saturated rings. The van der Waals surface area contributed by atoms with Crippen LogP contribution in [0.15, 0.2) is 0 Å². The molecule has 1 radical (unpaired) electrons. The summed E-state index contributed by atoms with van der Waals surface area (Å²) in [5.41, 5.74) is 0.648. The second kappa shape index (κ2) is 6.10. The molecule has 0 aromatic rings. The largest absolute Gasteiger partial charge is 0.376 e. The average molecular weight is 215 g/mol. The first kappa shape index (κ1) is 12.5. The van der Waals surface area contributed by atoms with E-state index in [0.29, 0.717) is 17.6 Å². The molecular weight excluding hydrogens is 194 g/mol. The predicted molar refractivity (Wildman–Crippen MR) is 64.3 cm³/mol. The molecule has 14 heavy (non-hydrogen) atoms. The van der Waals surface area contributed by atoms with Crippen molar-refractivity contribution in [3.8, 4) is 0 Å². The van der Waals surface area contributed by atoms with Crippen LogP contribution in [-0.4, -0.2) is 38.4 Å². The van der Waals surface area contributed by atoms with Gasteiger partial charge in [-0.3, -0.25) is 0 Å². The number of hydrogen-bond acceptors (Lipinski definition) is 2. The van der Waals surface area contributed by atoms with E-state index in [9.17, 15) is 0 Å². The summed E-state index contributed by atoms with van der Waals surface area (Å²) in [6, 6.07) is 0. The Morgan fingerprint density at radius 2 is 2.29 bits per heavy atom. The van der Waals surface area contributed by atoms with Gasteiger partial charge in [0.15, 0.2) is 0 Å². The summed E-state index contributed by atoms with van der Waals surface area (Å²) in [5, 5.41) is 0. The zero-order valence-corrected chi connectivity index (χ0v) is 10.6. The molecule has 0 amide bonds. The van der Waals surface area contributed by atoms with Crippen molar-refractivity contribution in [2.45, 2.75) is 50.8 Å². The smallest absolute Gasteiger partial charge is 0.113 e. The summed E-state index contributed by atoms with van der Waals surface area (Å²) in [6.07, 6.45) is 1.68. The highest BCUT2D eigenvalue weighted by Gasteiger charge is 2.27. The standard InChI is InChI=1S/C10H21BO2P/c1-7(2)12-5-8-4-10(14)9(11-3)6-13-8/h7-10H,4-6,14H2,1-3H3/t8?,9?,10-/m1/s1. The van der Waals surface area contributed by atoms with E-state index in [4.69, 9.17) is 9.47 Å². The van der Waals surface area contributed by atoms with Crippen molar-refractivity contribution in [3.63, 3.8) is 0 Å². The van der Waals surface area contributed by atoms with Crippen LogP contribution in [0.2, 0.25) is 12.6 Å². The predicted octanol–water partition coefficient (Wildman–Crippen LogP) is 1.98. The SMILES string of the molecule is C[B]C1COC(COC(C)C)C[C@H]1P. The van der Waals surface area contributed by atoms with E-state index >= 15 is 0 Å². The lowest BCUT2D eigenvalue weighted by Crippen LogP contribution is -2.35. The second-order valence-electron chi connectivity index (χ2n) is 4.23. The van der Waals surface area contributed by atoms with Crippen LogP contribution in [0, 0.1) is 0 Å². The maximum absolute atomic E-state index is 5.73. The van der Waals surface area contributed by atoms with E-state index in [-0.39, 0.29) is 6.10 Å². The molecule has 0 saturated carbocycles. The molecule has 0 N–H and O–H groups in total. The van der Waals surface area contributed by atoms with Gasteiger partial charge in [-0.2, -0.15) is 0 Å². The molecule has 1 rings (SSSR count). The van der Waals surface area contributed by atoms with Crippen LogP contribution in [0.3, 0.4) is 0 Å². The highest BCUT2D eigenvalue weighted by Crippen LogP contribution is 2.29. The Balaban J connectivity index is 2.24. The van der Waals surface area contributed by atoms with Gasteiger partial charge < -0.3 is 9.47 Å². The molecule has 4 heteroatoms. The normalized spacial score (nSPS) is 33.4. The van der Waals surface area contributed by atoms with Gasteiger partial charge >= 0.3 is 0 Å². The molecule has 1 heterocycles. The third-order valence-electron chi connectivity index (χ3n) is 2.65. The topological polar surface area (TPSA) is 18.5 Å². The summed E-state index contributed by atoms with van der Waals surface area (Å²) in [6.45, 7) is 7.80. The van der Waals surface area contributed by atoms with Crippen LogP contribution < -0.4 is 0 Å². The Morgan fingerprint density at radius 3 is 2.79 bits per heavy atom. The zero-order valence-electron chi connectivity index (χ0n) is 9.40. The summed E-state index contributed by atoms with van der Waals surface area (Å²) in [7, 11) is 5.15. The van der Waals surface area contributed by atoms with E-state index in [1.807, 2.05) is 0 Å². The Kier molecular flexibility index (Phi) is 5.44. The van der Waals surface area contributed by atoms with Gasteiger partial charge in [-0.1, -0.05) is 6.82 Å². The van der Waals surface area contributed by atoms with E-state index in [2.05, 4.69) is 37.2 Å². The molecule has 0 bridgehead atoms. The lowest BCUT2D eigenvalue weighted by Gasteiger charge is -2.33. The maximum atomic E-state index is 5.73. The summed E-state index contributed by atoms with van der Waals surface area (Å²) >= 11 is 0. The molecule has 2 nitrogen and oxygen atoms in total. The molecule has 0 spiro atoms. The fraction of sp³-hybridized carbons (Fsp3) is 1.00. The average Bonchev–Trinajstić information content (AvgIpc) is 2.15. The highest BCUT2D eigenvalue weighted by atomic mass is 31.0. The molecule has 81 valence electrons. The van der Waals surface area contributed by atoms with Crippen molar-refractivity contribution in [1.29, 1.82) is 0 Å². The fourth-order valence-electron chi connectivity index (χ4n) is 1.68. The van der Waals surface area contributed by atoms with Crippen LogP contribution >= 0.6 is 9.24 Å². The van der Waals surface area contributed by atoms with Gasteiger partial charge in [0, 0.05) is 6.61 Å². The van der Waals surface area contributed by atoms with Gasteiger partial charge in [0.25, 0.3) is 0 Å². The van der Waals surface area contributed by atoms with Crippen LogP contribution in [-0.2, 0) is 9.47 Å². The van der Waals surface area contributed by atoms with Crippen LogP contribution in [0.4, 0.5) is 0 Å². The first-order valence-corrected chi connectivity index (χ1v) is 6.08. The summed E-state index contributed by atoms with van der Waals surface area (Å²) in [5.74, 6) is 0.593. The highest BCUT2D eigenvalue weighted by molar-refractivity contribution is 7.18. The zero-order chi connectivity index (χ0) is 10.6. The molecule has 3 unspecified atom stereocenters. The van der Waals surface area contributed by atoms with Crippen molar-refractivity contribution in [2.24, 2.45) is 0 Å². The van der Waals surface area contributed by atoms with Crippen molar-refractivity contribution < 1.29 is 9.47 Å². The molecule has 1 saturated heterocycles. The molecule has 0 aliphatic carbocycles. The van der Waals surface area contributed by atoms with Crippen LogP contribution in [0.5, 0.6) is 0 Å². The fourth-order valence-corrected chi connectivity index (χ4v) is 2.31. The molecule has 0 aromatic carbocycles. The van der Waals surface area contributed by atoms with Gasteiger partial charge in [-0.05, 0) is 31.7 Å². The molecule has 1 aliphatic rings. The Bertz CT molecular complexity index is 166. The quantitative estimate of drug-likeness (QED) is 0.527. The lowest BCUT2D eigenvalue weighted by atomic mass is 9.64. The minimum atomic E-state index is 0.288. The first-order valence-electron chi connectivity index (χ1n) is 5.41. The Labute approximate surface area is 90.6 Å². The van der Waals surface area contributed by atoms with E-state index in [1.165, 1.54) is 0 Å². The van der Waals surface area contributed by atoms with Gasteiger partial charge in [-0.15, -0.1) is 9.24 Å². The molecular formula is C10H21BO2P. The third-order valence-corrected chi connectivity index (χ3v) is 3.42. The Morgan fingerprint density at radius 1 is 1.57 bits per heavy atom. The molecule has 1 aliphatic heterocycles. The van der Waals surface area contributed by atoms with Crippen molar-refractivity contribution in [2.75, 3.05) is 13.2 Å². The minimum absolute atomic E-state index is 0.288. The van der Waals surface area contributed by atoms with Gasteiger partial charge in [0.05, 0.1) is 18.8 Å². The molecule has 0 aromatic heterocycles. The van der Waals surface area contributed by atoms with Crippen LogP contribution in [0.25, 0.3) is 0 Å². The second-order valence-corrected chi connectivity index (χ2v) is 5.09. The van der Waals surface area contributed by atoms with Gasteiger partial charge in [-0.25, -0.2) is 0 Å². The van der Waals surface area contributed by atoms with Gasteiger partial charge in [0.1, 0.15) is 7.28 Å². The number of rotatable bonds is 4. The third kappa shape index (κ3) is 3.88. The van der Waals surface area contributed by atoms with Crippen LogP contribution in [0.1, 0.15) is 20.3 Å². The van der Waals surface area contributed by atoms with E-state index < -0.39 is 0 Å². The number of hydrogen-bond donors (Lipinski definition) is 0. The van der Waals surface area contributed by atoms with E-state index in [0.717, 1.165) is 19.6 Å². The number of ether oxygens (including phenoxy) is 2. The maximum Gasteiger partial charge on any atom is 0.113 e. The molecule has 4 atom stereocenters. The van der Waals surface area contributed by atoms with Gasteiger partial charge in [0.2, 0.25) is 0 Å². The van der Waals surface area contributed by atoms with Crippen molar-refractivity contribution in [3.05, 3.63) is 0 Å². The lowest BCUT2D eigenvalue weighted by molar-refractivity contribution is -0.0535. The summed E-state index contributed by atoms with van der Waals surface area (Å²) in [4.78, 5) is 0. The monoisotopic (exact) mass is 215 g/mol. The van der Waals surface area contributed by atoms with Crippen molar-refractivity contribution >= 4 is 16.5 Å². The summed E-state index contributed by atoms with van der Waals surface area (Å²) < 4.78 is 11.3. The minimum Gasteiger partial charge on any atom is -0.376 e. The Hall–Kier alpha value is 0.415. The first-order chi connectivity index (χ1) is 6.63. The van der Waals surface area contributed by atoms with E-state index in [1.54, 1.807) is 0 Å².